The largest absolute Gasteiger partial charge is 0.222 e. The topological polar surface area (TPSA) is 68.3 Å². The van der Waals surface area contributed by atoms with E-state index >= 15 is 0 Å². The van der Waals surface area contributed by atoms with Gasteiger partial charge in [-0.1, -0.05) is 66.2 Å². The van der Waals surface area contributed by atoms with Gasteiger partial charge in [-0.25, -0.2) is 16.8 Å². The third-order valence-electron chi connectivity index (χ3n) is 4.18. The maximum Gasteiger partial charge on any atom is 0.220 e. The van der Waals surface area contributed by atoms with Crippen LogP contribution < -0.4 is 0 Å². The quantitative estimate of drug-likeness (QED) is 0.629. The number of sulfone groups is 2. The monoisotopic (exact) mass is 399 g/mol. The van der Waals surface area contributed by atoms with Gasteiger partial charge in [0.15, 0.2) is 0 Å². The highest BCUT2D eigenvalue weighted by atomic mass is 32.3. The zero-order valence-corrected chi connectivity index (χ0v) is 16.4. The zero-order chi connectivity index (χ0) is 19.5. The summed E-state index contributed by atoms with van der Waals surface area (Å²) in [7, 11) is -8.37. The van der Waals surface area contributed by atoms with Crippen LogP contribution in [0, 0.1) is 11.5 Å². The van der Waals surface area contributed by atoms with Crippen molar-refractivity contribution in [2.24, 2.45) is 0 Å². The second-order valence-electron chi connectivity index (χ2n) is 6.17. The molecule has 27 heavy (non-hydrogen) atoms. The van der Waals surface area contributed by atoms with Crippen LogP contribution in [-0.2, 0) is 26.1 Å². The van der Waals surface area contributed by atoms with Crippen molar-refractivity contribution in [2.45, 2.75) is 23.1 Å². The molecule has 6 heteroatoms. The van der Waals surface area contributed by atoms with Gasteiger partial charge in [0.2, 0.25) is 24.3 Å². The Bertz CT molecular complexity index is 1030. The van der Waals surface area contributed by atoms with Crippen LogP contribution in [0.25, 0.3) is 0 Å². The summed E-state index contributed by atoms with van der Waals surface area (Å²) in [5.74, 6) is 0. The van der Waals surface area contributed by atoms with E-state index in [0.717, 1.165) is 5.56 Å². The van der Waals surface area contributed by atoms with E-state index in [4.69, 9.17) is 0 Å². The lowest BCUT2D eigenvalue weighted by Crippen LogP contribution is -2.25. The zero-order valence-electron chi connectivity index (χ0n) is 14.7. The van der Waals surface area contributed by atoms with Crippen molar-refractivity contribution in [3.8, 4) is 0 Å². The summed E-state index contributed by atoms with van der Waals surface area (Å²) in [5.41, 5.74) is 1.63. The van der Waals surface area contributed by atoms with Gasteiger partial charge in [0.05, 0.1) is 9.79 Å². The fraction of sp³-hybridized carbons (Fsp3) is 0.0952. The van der Waals surface area contributed by atoms with E-state index < -0.39 is 24.3 Å². The Balaban J connectivity index is 2.13. The minimum Gasteiger partial charge on any atom is -0.222 e. The molecule has 0 fully saturated rings. The van der Waals surface area contributed by atoms with Crippen molar-refractivity contribution in [1.29, 1.82) is 0 Å². The lowest BCUT2D eigenvalue weighted by Gasteiger charge is -2.18. The highest BCUT2D eigenvalue weighted by Gasteiger charge is 2.41. The van der Waals surface area contributed by atoms with E-state index in [9.17, 15) is 16.8 Å². The summed E-state index contributed by atoms with van der Waals surface area (Å²) < 4.78 is 52.3. The molecule has 0 saturated heterocycles. The minimum atomic E-state index is -4.19. The highest BCUT2D eigenvalue weighted by Crippen LogP contribution is 2.34. The summed E-state index contributed by atoms with van der Waals surface area (Å²) in [6.07, 6.45) is -0.200. The Morgan fingerprint density at radius 1 is 0.630 bits per heavy atom. The third kappa shape index (κ3) is 4.12. The molecule has 3 aromatic rings. The van der Waals surface area contributed by atoms with Gasteiger partial charge in [-0.3, -0.25) is 0 Å². The lowest BCUT2D eigenvalue weighted by atomic mass is 10.1. The van der Waals surface area contributed by atoms with Gasteiger partial charge < -0.3 is 0 Å². The van der Waals surface area contributed by atoms with E-state index in [1.807, 2.05) is 19.1 Å². The molecule has 0 aliphatic heterocycles. The van der Waals surface area contributed by atoms with Gasteiger partial charge in [-0.05, 0) is 36.8 Å². The van der Waals surface area contributed by atoms with Crippen LogP contribution in [0.1, 0.15) is 11.1 Å². The molecule has 0 aliphatic carbocycles. The molecule has 3 aromatic carbocycles. The van der Waals surface area contributed by atoms with Gasteiger partial charge in [0, 0.05) is 6.42 Å². The predicted octanol–water partition coefficient (Wildman–Crippen LogP) is 3.97. The van der Waals surface area contributed by atoms with Crippen LogP contribution in [0.15, 0.2) is 94.7 Å². The third-order valence-corrected chi connectivity index (χ3v) is 8.77. The van der Waals surface area contributed by atoms with Crippen molar-refractivity contribution in [1.82, 2.24) is 0 Å². The van der Waals surface area contributed by atoms with Gasteiger partial charge in [-0.15, -0.1) is 0 Å². The molecule has 0 aliphatic rings. The predicted molar refractivity (Wildman–Crippen MR) is 105 cm³/mol. The van der Waals surface area contributed by atoms with Gasteiger partial charge in [-0.2, -0.15) is 0 Å². The summed E-state index contributed by atoms with van der Waals surface area (Å²) in [4.78, 5) is -0.0711. The van der Waals surface area contributed by atoms with E-state index in [2.05, 4.69) is 0 Å². The maximum absolute atomic E-state index is 13.2. The van der Waals surface area contributed by atoms with Gasteiger partial charge in [0.1, 0.15) is 0 Å². The molecular weight excluding hydrogens is 380 g/mol. The molecule has 1 radical (unpaired) electrons. The Hall–Kier alpha value is -2.44. The Kier molecular flexibility index (Phi) is 5.48. The average molecular weight is 400 g/mol. The number of hydrogen-bond donors (Lipinski definition) is 0. The van der Waals surface area contributed by atoms with Crippen molar-refractivity contribution in [2.75, 3.05) is 0 Å². The van der Waals surface area contributed by atoms with Crippen LogP contribution in [0.5, 0.6) is 0 Å². The normalized spacial score (nSPS) is 12.2. The van der Waals surface area contributed by atoms with Gasteiger partial charge >= 0.3 is 0 Å². The second-order valence-corrected chi connectivity index (χ2v) is 10.4. The molecule has 3 rings (SSSR count). The molecular formula is C21H19O4S2. The number of rotatable bonds is 6. The molecule has 139 valence electrons. The molecule has 0 saturated carbocycles. The molecule has 0 unspecified atom stereocenters. The molecule has 0 heterocycles. The summed E-state index contributed by atoms with van der Waals surface area (Å²) in [6.45, 7) is 1.91. The average Bonchev–Trinajstić information content (AvgIpc) is 2.68. The Morgan fingerprint density at radius 2 is 1.04 bits per heavy atom. The van der Waals surface area contributed by atoms with Crippen LogP contribution in [0.3, 0.4) is 0 Å². The summed E-state index contributed by atoms with van der Waals surface area (Å²) >= 11 is 0. The molecule has 0 N–H and O–H groups in total. The highest BCUT2D eigenvalue weighted by molar-refractivity contribution is 8.12. The number of aryl methyl sites for hydroxylation is 1. The Labute approximate surface area is 160 Å². The van der Waals surface area contributed by atoms with Crippen molar-refractivity contribution in [3.63, 3.8) is 0 Å². The lowest BCUT2D eigenvalue weighted by molar-refractivity contribution is 0.585. The number of hydrogen-bond acceptors (Lipinski definition) is 4. The van der Waals surface area contributed by atoms with Crippen molar-refractivity contribution >= 4 is 19.7 Å². The first-order valence-electron chi connectivity index (χ1n) is 8.33. The van der Waals surface area contributed by atoms with Crippen LogP contribution >= 0.6 is 0 Å². The maximum atomic E-state index is 13.2. The van der Waals surface area contributed by atoms with Crippen molar-refractivity contribution in [3.05, 3.63) is 101 Å². The van der Waals surface area contributed by atoms with E-state index in [1.54, 1.807) is 48.5 Å². The fourth-order valence-corrected chi connectivity index (χ4v) is 6.67. The first-order valence-corrected chi connectivity index (χ1v) is 11.3. The van der Waals surface area contributed by atoms with Crippen molar-refractivity contribution < 1.29 is 16.8 Å². The van der Waals surface area contributed by atoms with Crippen LogP contribution in [0.4, 0.5) is 0 Å². The Morgan fingerprint density at radius 3 is 1.44 bits per heavy atom. The molecule has 0 bridgehead atoms. The van der Waals surface area contributed by atoms with E-state index in [1.165, 1.54) is 24.3 Å². The molecule has 0 spiro atoms. The molecule has 4 nitrogen and oxygen atoms in total. The molecule has 0 atom stereocenters. The summed E-state index contributed by atoms with van der Waals surface area (Å²) in [5, 5.41) is 0. The summed E-state index contributed by atoms with van der Waals surface area (Å²) in [6, 6.07) is 22.5. The molecule has 0 aromatic heterocycles. The first kappa shape index (κ1) is 19.3. The fourth-order valence-electron chi connectivity index (χ4n) is 2.67. The van der Waals surface area contributed by atoms with Crippen LogP contribution in [0.2, 0.25) is 0 Å². The smallest absolute Gasteiger partial charge is 0.220 e. The van der Waals surface area contributed by atoms with Gasteiger partial charge in [0.25, 0.3) is 0 Å². The number of benzene rings is 3. The SMILES string of the molecule is Cc1ccc(C[C](S(=O)(=O)c2ccccc2)S(=O)(=O)c2ccccc2)cc1. The second kappa shape index (κ2) is 7.66. The van der Waals surface area contributed by atoms with Crippen LogP contribution in [-0.4, -0.2) is 16.8 Å². The standard InChI is InChI=1S/C21H19O4S2/c1-17-12-14-18(15-13-17)16-21(26(22,23)19-8-4-2-5-9-19)27(24,25)20-10-6-3-7-11-20/h2-15H,16H2,1H3. The molecule has 0 amide bonds. The first-order chi connectivity index (χ1) is 12.8. The minimum absolute atomic E-state index is 0.0355. The van der Waals surface area contributed by atoms with E-state index in [0.29, 0.717) is 5.56 Å². The van der Waals surface area contributed by atoms with E-state index in [-0.39, 0.29) is 16.2 Å².